The highest BCUT2D eigenvalue weighted by molar-refractivity contribution is 7.90. The minimum absolute atomic E-state index is 0.0123. The first-order valence-electron chi connectivity index (χ1n) is 10.8. The molecular weight excluding hydrogens is 496 g/mol. The smallest absolute Gasteiger partial charge is 0.348 e. The van der Waals surface area contributed by atoms with Crippen LogP contribution in [0.4, 0.5) is 0 Å². The maximum atomic E-state index is 13.8. The van der Waals surface area contributed by atoms with Crippen LogP contribution in [0.15, 0.2) is 23.2 Å². The van der Waals surface area contributed by atoms with Gasteiger partial charge in [0.25, 0.3) is 0 Å². The molecule has 1 saturated carbocycles. The SMILES string of the molecule is COCc1c(S(C)(=O)=O)ccc(C(=O)c2c(C3CC3)nn(C)c2OC(=O)c2cn(C)nc2C)c1Cl. The average molecular weight is 521 g/mol. The largest absolute Gasteiger partial charge is 0.403 e. The number of rotatable bonds is 8. The van der Waals surface area contributed by atoms with Gasteiger partial charge in [-0.3, -0.25) is 9.48 Å². The van der Waals surface area contributed by atoms with Crippen molar-refractivity contribution in [2.45, 2.75) is 37.2 Å². The van der Waals surface area contributed by atoms with Gasteiger partial charge >= 0.3 is 5.97 Å². The van der Waals surface area contributed by atoms with Gasteiger partial charge in [0.2, 0.25) is 11.7 Å². The van der Waals surface area contributed by atoms with Crippen LogP contribution in [0, 0.1) is 6.92 Å². The summed E-state index contributed by atoms with van der Waals surface area (Å²) in [6.07, 6.45) is 4.29. The minimum atomic E-state index is -3.62. The van der Waals surface area contributed by atoms with Crippen LogP contribution in [-0.4, -0.2) is 53.1 Å². The molecule has 0 spiro atoms. The molecule has 1 aliphatic carbocycles. The third-order valence-corrected chi connectivity index (χ3v) is 7.38. The van der Waals surface area contributed by atoms with Crippen LogP contribution in [-0.2, 0) is 35.3 Å². The van der Waals surface area contributed by atoms with Gasteiger partial charge in [0.05, 0.1) is 27.9 Å². The number of carbonyl (C=O) groups excluding carboxylic acids is 2. The zero-order valence-corrected chi connectivity index (χ0v) is 21.5. The van der Waals surface area contributed by atoms with E-state index in [0.29, 0.717) is 11.4 Å². The Morgan fingerprint density at radius 3 is 2.40 bits per heavy atom. The van der Waals surface area contributed by atoms with Gasteiger partial charge in [0.15, 0.2) is 9.84 Å². The molecule has 10 nitrogen and oxygen atoms in total. The van der Waals surface area contributed by atoms with Crippen LogP contribution in [0.1, 0.15) is 62.0 Å². The van der Waals surface area contributed by atoms with Crippen molar-refractivity contribution >= 4 is 33.2 Å². The van der Waals surface area contributed by atoms with Crippen molar-refractivity contribution in [3.8, 4) is 5.88 Å². The van der Waals surface area contributed by atoms with Gasteiger partial charge in [-0.1, -0.05) is 11.6 Å². The lowest BCUT2D eigenvalue weighted by atomic mass is 9.99. The number of aromatic nitrogens is 4. The topological polar surface area (TPSA) is 122 Å². The van der Waals surface area contributed by atoms with E-state index in [1.165, 1.54) is 34.8 Å². The molecule has 2 aromatic heterocycles. The normalized spacial score (nSPS) is 13.8. The number of halogens is 1. The Kier molecular flexibility index (Phi) is 6.60. The number of nitrogens with zero attached hydrogens (tertiary/aromatic N) is 4. The van der Waals surface area contributed by atoms with Gasteiger partial charge in [-0.25, -0.2) is 17.9 Å². The quantitative estimate of drug-likeness (QED) is 0.328. The van der Waals surface area contributed by atoms with Crippen molar-refractivity contribution in [1.82, 2.24) is 19.6 Å². The van der Waals surface area contributed by atoms with Crippen molar-refractivity contribution < 1.29 is 27.5 Å². The van der Waals surface area contributed by atoms with Crippen molar-refractivity contribution in [3.63, 3.8) is 0 Å². The van der Waals surface area contributed by atoms with Crippen molar-refractivity contribution in [1.29, 1.82) is 0 Å². The summed E-state index contributed by atoms with van der Waals surface area (Å²) in [6.45, 7) is 1.58. The molecule has 0 amide bonds. The molecule has 1 aliphatic rings. The zero-order chi connectivity index (χ0) is 25.7. The van der Waals surface area contributed by atoms with E-state index in [9.17, 15) is 18.0 Å². The molecule has 2 heterocycles. The fraction of sp³-hybridized carbons (Fsp3) is 0.391. The number of carbonyl (C=O) groups is 2. The second kappa shape index (κ2) is 9.21. The number of methoxy groups -OCH3 is 1. The molecule has 1 fully saturated rings. The second-order valence-corrected chi connectivity index (χ2v) is 11.0. The van der Waals surface area contributed by atoms with Crippen LogP contribution in [0.2, 0.25) is 5.02 Å². The number of aryl methyl sites for hydroxylation is 3. The minimum Gasteiger partial charge on any atom is -0.403 e. The van der Waals surface area contributed by atoms with Gasteiger partial charge in [0, 0.05) is 50.7 Å². The molecule has 4 rings (SSSR count). The lowest BCUT2D eigenvalue weighted by Gasteiger charge is -2.14. The first kappa shape index (κ1) is 25.1. The Morgan fingerprint density at radius 2 is 1.86 bits per heavy atom. The summed E-state index contributed by atoms with van der Waals surface area (Å²) in [6, 6.07) is 2.70. The van der Waals surface area contributed by atoms with E-state index in [0.717, 1.165) is 19.1 Å². The van der Waals surface area contributed by atoms with Crippen molar-refractivity contribution in [2.75, 3.05) is 13.4 Å². The predicted molar refractivity (Wildman–Crippen MR) is 127 cm³/mol. The fourth-order valence-corrected chi connectivity index (χ4v) is 5.27. The molecule has 1 aromatic carbocycles. The van der Waals surface area contributed by atoms with Crippen LogP contribution in [0.25, 0.3) is 0 Å². The molecule has 0 saturated heterocycles. The van der Waals surface area contributed by atoms with E-state index >= 15 is 0 Å². The average Bonchev–Trinajstić information content (AvgIpc) is 3.49. The monoisotopic (exact) mass is 520 g/mol. The summed E-state index contributed by atoms with van der Waals surface area (Å²) in [7, 11) is 1.06. The molecular formula is C23H25ClN4O6S. The highest BCUT2D eigenvalue weighted by atomic mass is 35.5. The fourth-order valence-electron chi connectivity index (χ4n) is 3.98. The Hall–Kier alpha value is -3.02. The summed E-state index contributed by atoms with van der Waals surface area (Å²) in [4.78, 5) is 26.7. The number of benzene rings is 1. The molecule has 0 unspecified atom stereocenters. The molecule has 12 heteroatoms. The lowest BCUT2D eigenvalue weighted by Crippen LogP contribution is -2.15. The van der Waals surface area contributed by atoms with Gasteiger partial charge in [-0.2, -0.15) is 10.2 Å². The van der Waals surface area contributed by atoms with E-state index in [2.05, 4.69) is 10.2 Å². The lowest BCUT2D eigenvalue weighted by molar-refractivity contribution is 0.0717. The summed E-state index contributed by atoms with van der Waals surface area (Å²) >= 11 is 6.56. The molecule has 0 atom stereocenters. The number of esters is 1. The predicted octanol–water partition coefficient (Wildman–Crippen LogP) is 2.99. The highest BCUT2D eigenvalue weighted by Crippen LogP contribution is 2.44. The summed E-state index contributed by atoms with van der Waals surface area (Å²) in [5.41, 5.74) is 1.64. The third-order valence-electron chi connectivity index (χ3n) is 5.77. The zero-order valence-electron chi connectivity index (χ0n) is 20.0. The number of ether oxygens (including phenoxy) is 2. The van der Waals surface area contributed by atoms with Crippen LogP contribution in [0.3, 0.4) is 0 Å². The molecule has 3 aromatic rings. The maximum Gasteiger partial charge on any atom is 0.348 e. The van der Waals surface area contributed by atoms with Crippen LogP contribution < -0.4 is 4.74 Å². The van der Waals surface area contributed by atoms with E-state index in [4.69, 9.17) is 21.1 Å². The van der Waals surface area contributed by atoms with Crippen LogP contribution in [0.5, 0.6) is 5.88 Å². The Bertz CT molecular complexity index is 1450. The van der Waals surface area contributed by atoms with Gasteiger partial charge in [0.1, 0.15) is 11.1 Å². The number of sulfone groups is 1. The highest BCUT2D eigenvalue weighted by Gasteiger charge is 2.37. The van der Waals surface area contributed by atoms with Crippen molar-refractivity contribution in [2.24, 2.45) is 14.1 Å². The van der Waals surface area contributed by atoms with E-state index in [-0.39, 0.29) is 50.6 Å². The summed E-state index contributed by atoms with van der Waals surface area (Å²) < 4.78 is 38.2. The van der Waals surface area contributed by atoms with E-state index in [1.54, 1.807) is 21.0 Å². The number of hydrogen-bond donors (Lipinski definition) is 0. The van der Waals surface area contributed by atoms with E-state index < -0.39 is 21.6 Å². The van der Waals surface area contributed by atoms with Gasteiger partial charge in [-0.05, 0) is 31.9 Å². The Labute approximate surface area is 207 Å². The standard InChI is InChI=1S/C23H25ClN4O6S/c1-12-15(10-27(2)25-12)23(30)34-22-18(20(13-6-7-13)26-28(22)3)21(29)14-8-9-17(35(5,31)32)16(11-33-4)19(14)24/h8-10,13H,6-7,11H2,1-5H3. The summed E-state index contributed by atoms with van der Waals surface area (Å²) in [5, 5.41) is 8.60. The number of hydrogen-bond acceptors (Lipinski definition) is 8. The first-order chi connectivity index (χ1) is 16.4. The summed E-state index contributed by atoms with van der Waals surface area (Å²) in [5.74, 6) is -1.15. The second-order valence-electron chi connectivity index (χ2n) is 8.59. The maximum absolute atomic E-state index is 13.8. The van der Waals surface area contributed by atoms with Gasteiger partial charge < -0.3 is 9.47 Å². The number of ketones is 1. The molecule has 186 valence electrons. The van der Waals surface area contributed by atoms with Crippen molar-refractivity contribution in [3.05, 3.63) is 57.0 Å². The molecule has 0 aliphatic heterocycles. The molecule has 0 N–H and O–H groups in total. The molecule has 35 heavy (non-hydrogen) atoms. The third kappa shape index (κ3) is 4.75. The van der Waals surface area contributed by atoms with E-state index in [1.807, 2.05) is 0 Å². The first-order valence-corrected chi connectivity index (χ1v) is 13.0. The Balaban J connectivity index is 1.83. The molecule has 0 radical (unpaired) electrons. The Morgan fingerprint density at radius 1 is 1.17 bits per heavy atom. The van der Waals surface area contributed by atoms with Gasteiger partial charge in [-0.15, -0.1) is 0 Å². The van der Waals surface area contributed by atoms with Crippen LogP contribution >= 0.6 is 11.6 Å². The molecule has 0 bridgehead atoms.